The largest absolute Gasteiger partial charge is 0.497 e. The molecule has 0 N–H and O–H groups in total. The molecule has 4 rings (SSSR count). The number of cyclic esters (lactones) is 1. The van der Waals surface area contributed by atoms with Crippen LogP contribution < -0.4 is 4.74 Å². The van der Waals surface area contributed by atoms with Crippen molar-refractivity contribution in [3.8, 4) is 5.75 Å². The van der Waals surface area contributed by atoms with E-state index in [0.29, 0.717) is 16.9 Å². The maximum atomic E-state index is 13.8. The van der Waals surface area contributed by atoms with Crippen molar-refractivity contribution < 1.29 is 18.7 Å². The molecule has 26 heavy (non-hydrogen) atoms. The average Bonchev–Trinajstić information content (AvgIpc) is 3.03. The third kappa shape index (κ3) is 2.97. The number of halogens is 1. The Kier molecular flexibility index (Phi) is 4.01. The van der Waals surface area contributed by atoms with Gasteiger partial charge in [0.15, 0.2) is 0 Å². The lowest BCUT2D eigenvalue weighted by atomic mass is 10.0. The number of hydrogen-bond donors (Lipinski definition) is 0. The Balaban J connectivity index is 1.71. The van der Waals surface area contributed by atoms with Crippen LogP contribution >= 0.6 is 0 Å². The van der Waals surface area contributed by atoms with Crippen LogP contribution in [0.1, 0.15) is 11.1 Å². The maximum absolute atomic E-state index is 13.8. The van der Waals surface area contributed by atoms with Crippen molar-refractivity contribution in [2.45, 2.75) is 0 Å². The van der Waals surface area contributed by atoms with Crippen molar-refractivity contribution in [3.05, 3.63) is 89.3 Å². The maximum Gasteiger partial charge on any atom is 0.343 e. The molecule has 0 amide bonds. The Labute approximate surface area is 150 Å². The molecule has 0 bridgehead atoms. The van der Waals surface area contributed by atoms with Crippen molar-refractivity contribution in [2.24, 2.45) is 0 Å². The molecular formula is C22H15FO3. The van der Waals surface area contributed by atoms with Gasteiger partial charge in [-0.05, 0) is 47.2 Å². The van der Waals surface area contributed by atoms with E-state index in [0.717, 1.165) is 22.1 Å². The zero-order valence-electron chi connectivity index (χ0n) is 14.0. The molecule has 3 aromatic carbocycles. The van der Waals surface area contributed by atoms with Gasteiger partial charge >= 0.3 is 5.97 Å². The van der Waals surface area contributed by atoms with Gasteiger partial charge in [0, 0.05) is 11.1 Å². The van der Waals surface area contributed by atoms with Gasteiger partial charge < -0.3 is 9.47 Å². The smallest absolute Gasteiger partial charge is 0.343 e. The molecule has 3 aromatic rings. The highest BCUT2D eigenvalue weighted by atomic mass is 19.1. The highest BCUT2D eigenvalue weighted by molar-refractivity contribution is 6.05. The summed E-state index contributed by atoms with van der Waals surface area (Å²) in [5.74, 6) is 0.370. The number of fused-ring (bicyclic) bond motifs is 1. The minimum Gasteiger partial charge on any atom is -0.497 e. The molecule has 0 atom stereocenters. The summed E-state index contributed by atoms with van der Waals surface area (Å²) in [6, 6.07) is 17.8. The molecule has 4 heteroatoms. The number of rotatable bonds is 3. The van der Waals surface area contributed by atoms with Gasteiger partial charge in [-0.25, -0.2) is 9.18 Å². The minimum absolute atomic E-state index is 0.319. The Morgan fingerprint density at radius 2 is 1.77 bits per heavy atom. The van der Waals surface area contributed by atoms with Crippen molar-refractivity contribution in [1.29, 1.82) is 0 Å². The predicted molar refractivity (Wildman–Crippen MR) is 98.9 cm³/mol. The lowest BCUT2D eigenvalue weighted by Crippen LogP contribution is -1.97. The molecule has 0 aromatic heterocycles. The second-order valence-electron chi connectivity index (χ2n) is 5.95. The first-order valence-corrected chi connectivity index (χ1v) is 8.12. The van der Waals surface area contributed by atoms with Gasteiger partial charge in [0.1, 0.15) is 17.3 Å². The summed E-state index contributed by atoms with van der Waals surface area (Å²) in [6.45, 7) is 0. The molecular weight excluding hydrogens is 331 g/mol. The summed E-state index contributed by atoms with van der Waals surface area (Å²) in [6.07, 6.45) is 3.13. The normalized spacial score (nSPS) is 15.2. The molecule has 0 radical (unpaired) electrons. The molecule has 3 nitrogen and oxygen atoms in total. The Hall–Kier alpha value is -3.40. The van der Waals surface area contributed by atoms with Gasteiger partial charge in [0.2, 0.25) is 0 Å². The second-order valence-corrected chi connectivity index (χ2v) is 5.95. The van der Waals surface area contributed by atoms with Crippen LogP contribution in [0.25, 0.3) is 22.6 Å². The van der Waals surface area contributed by atoms with Crippen LogP contribution in [0.5, 0.6) is 5.75 Å². The zero-order chi connectivity index (χ0) is 18.1. The molecule has 0 aliphatic carbocycles. The number of benzene rings is 3. The first-order valence-electron chi connectivity index (χ1n) is 8.12. The Bertz CT molecular complexity index is 1080. The summed E-state index contributed by atoms with van der Waals surface area (Å²) < 4.78 is 24.4. The number of esters is 1. The van der Waals surface area contributed by atoms with E-state index in [9.17, 15) is 9.18 Å². The third-order valence-corrected chi connectivity index (χ3v) is 4.27. The van der Waals surface area contributed by atoms with E-state index >= 15 is 0 Å². The van der Waals surface area contributed by atoms with Gasteiger partial charge in [-0.15, -0.1) is 0 Å². The molecule has 1 aliphatic rings. The number of carbonyl (C=O) groups is 1. The lowest BCUT2D eigenvalue weighted by Gasteiger charge is -2.06. The summed E-state index contributed by atoms with van der Waals surface area (Å²) in [5.41, 5.74) is 1.45. The van der Waals surface area contributed by atoms with E-state index in [-0.39, 0.29) is 5.82 Å². The molecule has 0 spiro atoms. The average molecular weight is 346 g/mol. The summed E-state index contributed by atoms with van der Waals surface area (Å²) >= 11 is 0. The van der Waals surface area contributed by atoms with Gasteiger partial charge in [0.05, 0.1) is 12.7 Å². The van der Waals surface area contributed by atoms with Crippen LogP contribution in [0.2, 0.25) is 0 Å². The van der Waals surface area contributed by atoms with E-state index in [1.165, 1.54) is 12.1 Å². The quantitative estimate of drug-likeness (QED) is 0.496. The number of ether oxygens (including phenoxy) is 2. The lowest BCUT2D eigenvalue weighted by molar-refractivity contribution is -0.130. The fourth-order valence-electron chi connectivity index (χ4n) is 2.90. The highest BCUT2D eigenvalue weighted by Crippen LogP contribution is 2.30. The van der Waals surface area contributed by atoms with Crippen molar-refractivity contribution in [3.63, 3.8) is 0 Å². The molecule has 1 aliphatic heterocycles. The van der Waals surface area contributed by atoms with Crippen LogP contribution in [0.3, 0.4) is 0 Å². The van der Waals surface area contributed by atoms with Crippen LogP contribution in [0.4, 0.5) is 4.39 Å². The summed E-state index contributed by atoms with van der Waals surface area (Å²) in [5, 5.41) is 2.03. The van der Waals surface area contributed by atoms with E-state index in [1.807, 2.05) is 36.4 Å². The molecule has 0 fully saturated rings. The topological polar surface area (TPSA) is 35.5 Å². The fourth-order valence-corrected chi connectivity index (χ4v) is 2.90. The first kappa shape index (κ1) is 16.1. The molecule has 1 heterocycles. The SMILES string of the molecule is COc1ccc2cc(C3=C/C(=C/c4ccccc4F)C(=O)O3)ccc2c1. The predicted octanol–water partition coefficient (Wildman–Crippen LogP) is 4.97. The second kappa shape index (κ2) is 6.48. The van der Waals surface area contributed by atoms with Gasteiger partial charge in [-0.1, -0.05) is 36.4 Å². The number of hydrogen-bond acceptors (Lipinski definition) is 3. The molecule has 0 unspecified atom stereocenters. The summed E-state index contributed by atoms with van der Waals surface area (Å²) in [7, 11) is 1.63. The fraction of sp³-hybridized carbons (Fsp3) is 0.0455. The standard InChI is InChI=1S/C22H15FO3/c1-25-19-9-8-14-10-17(7-6-15(14)12-19)21-13-18(22(24)26-21)11-16-4-2-3-5-20(16)23/h2-13H,1H3/b18-11-. The van der Waals surface area contributed by atoms with E-state index < -0.39 is 5.97 Å². The Morgan fingerprint density at radius 3 is 2.58 bits per heavy atom. The van der Waals surface area contributed by atoms with Gasteiger partial charge in [0.25, 0.3) is 0 Å². The van der Waals surface area contributed by atoms with Crippen LogP contribution in [0.15, 0.2) is 72.3 Å². The van der Waals surface area contributed by atoms with Crippen molar-refractivity contribution in [1.82, 2.24) is 0 Å². The zero-order valence-corrected chi connectivity index (χ0v) is 14.0. The Morgan fingerprint density at radius 1 is 1.00 bits per heavy atom. The molecule has 0 saturated heterocycles. The van der Waals surface area contributed by atoms with E-state index in [1.54, 1.807) is 31.4 Å². The number of carbonyl (C=O) groups excluding carboxylic acids is 1. The first-order chi connectivity index (χ1) is 12.6. The van der Waals surface area contributed by atoms with Crippen molar-refractivity contribution >= 4 is 28.6 Å². The molecule has 128 valence electrons. The van der Waals surface area contributed by atoms with Crippen LogP contribution in [-0.4, -0.2) is 13.1 Å². The van der Waals surface area contributed by atoms with Crippen LogP contribution in [-0.2, 0) is 9.53 Å². The van der Waals surface area contributed by atoms with E-state index in [2.05, 4.69) is 0 Å². The summed E-state index contributed by atoms with van der Waals surface area (Å²) in [4.78, 5) is 12.1. The third-order valence-electron chi connectivity index (χ3n) is 4.27. The van der Waals surface area contributed by atoms with E-state index in [4.69, 9.17) is 9.47 Å². The number of methoxy groups -OCH3 is 1. The monoisotopic (exact) mass is 346 g/mol. The highest BCUT2D eigenvalue weighted by Gasteiger charge is 2.22. The van der Waals surface area contributed by atoms with Gasteiger partial charge in [-0.3, -0.25) is 0 Å². The minimum atomic E-state index is -0.488. The van der Waals surface area contributed by atoms with Gasteiger partial charge in [-0.2, -0.15) is 0 Å². The van der Waals surface area contributed by atoms with Crippen LogP contribution in [0, 0.1) is 5.82 Å². The van der Waals surface area contributed by atoms with Crippen molar-refractivity contribution in [2.75, 3.05) is 7.11 Å². The molecule has 0 saturated carbocycles.